The second-order valence-corrected chi connectivity index (χ2v) is 4.12. The van der Waals surface area contributed by atoms with Gasteiger partial charge >= 0.3 is 17.9 Å². The highest BCUT2D eigenvalue weighted by atomic mass is 16.6. The molecular weight excluding hydrogens is 308 g/mol. The van der Waals surface area contributed by atoms with Crippen molar-refractivity contribution in [3.8, 4) is 0 Å². The third kappa shape index (κ3) is 6.60. The van der Waals surface area contributed by atoms with Crippen molar-refractivity contribution in [2.45, 2.75) is 6.92 Å². The first-order valence-corrected chi connectivity index (χ1v) is 6.68. The Balaban J connectivity index is 2.61. The quantitative estimate of drug-likeness (QED) is 0.283. The SMILES string of the molecule is CC(=O)OCCOC(=O)c1ccccc1C(=O)OCCOC=O. The van der Waals surface area contributed by atoms with E-state index in [0.717, 1.165) is 0 Å². The molecule has 0 aromatic heterocycles. The van der Waals surface area contributed by atoms with Gasteiger partial charge in [0.05, 0.1) is 11.1 Å². The molecule has 8 heteroatoms. The average molecular weight is 324 g/mol. The molecule has 0 heterocycles. The normalized spacial score (nSPS) is 9.61. The van der Waals surface area contributed by atoms with Crippen molar-refractivity contribution in [2.24, 2.45) is 0 Å². The van der Waals surface area contributed by atoms with E-state index in [-0.39, 0.29) is 44.0 Å². The number of rotatable bonds is 9. The molecule has 0 aliphatic heterocycles. The zero-order valence-corrected chi connectivity index (χ0v) is 12.5. The van der Waals surface area contributed by atoms with Crippen LogP contribution in [-0.2, 0) is 28.5 Å². The van der Waals surface area contributed by atoms with Crippen LogP contribution in [0.15, 0.2) is 24.3 Å². The first-order valence-electron chi connectivity index (χ1n) is 6.68. The summed E-state index contributed by atoms with van der Waals surface area (Å²) in [6.07, 6.45) is 0. The Morgan fingerprint density at radius 2 is 1.35 bits per heavy atom. The van der Waals surface area contributed by atoms with Crippen LogP contribution in [0.4, 0.5) is 0 Å². The van der Waals surface area contributed by atoms with Gasteiger partial charge in [-0.05, 0) is 12.1 Å². The summed E-state index contributed by atoms with van der Waals surface area (Å²) in [4.78, 5) is 44.4. The minimum atomic E-state index is -0.743. The van der Waals surface area contributed by atoms with Crippen molar-refractivity contribution >= 4 is 24.4 Å². The third-order valence-corrected chi connectivity index (χ3v) is 2.49. The Hall–Kier alpha value is -2.90. The van der Waals surface area contributed by atoms with Gasteiger partial charge in [-0.25, -0.2) is 9.59 Å². The Labute approximate surface area is 132 Å². The van der Waals surface area contributed by atoms with E-state index in [0.29, 0.717) is 0 Å². The van der Waals surface area contributed by atoms with Crippen molar-refractivity contribution in [3.05, 3.63) is 35.4 Å². The van der Waals surface area contributed by atoms with Crippen molar-refractivity contribution in [1.82, 2.24) is 0 Å². The lowest BCUT2D eigenvalue weighted by atomic mass is 10.1. The van der Waals surface area contributed by atoms with Crippen molar-refractivity contribution in [1.29, 1.82) is 0 Å². The monoisotopic (exact) mass is 324 g/mol. The highest BCUT2D eigenvalue weighted by Gasteiger charge is 2.18. The maximum atomic E-state index is 11.9. The topological polar surface area (TPSA) is 105 Å². The first-order chi connectivity index (χ1) is 11.1. The van der Waals surface area contributed by atoms with Crippen LogP contribution in [0.2, 0.25) is 0 Å². The molecule has 124 valence electrons. The lowest BCUT2D eigenvalue weighted by Gasteiger charge is -2.09. The number of carbonyl (C=O) groups excluding carboxylic acids is 4. The molecule has 0 radical (unpaired) electrons. The van der Waals surface area contributed by atoms with Crippen LogP contribution in [-0.4, -0.2) is 50.8 Å². The minimum absolute atomic E-state index is 0.0242. The van der Waals surface area contributed by atoms with Crippen LogP contribution >= 0.6 is 0 Å². The van der Waals surface area contributed by atoms with Gasteiger partial charge in [0.2, 0.25) is 0 Å². The lowest BCUT2D eigenvalue weighted by molar-refractivity contribution is -0.142. The number of ether oxygens (including phenoxy) is 4. The van der Waals surface area contributed by atoms with Crippen LogP contribution < -0.4 is 0 Å². The second kappa shape index (κ2) is 9.93. The highest BCUT2D eigenvalue weighted by molar-refractivity contribution is 6.03. The summed E-state index contributed by atoms with van der Waals surface area (Å²) >= 11 is 0. The molecule has 0 fully saturated rings. The summed E-state index contributed by atoms with van der Waals surface area (Å²) in [5.74, 6) is -1.97. The molecule has 0 bridgehead atoms. The molecule has 0 aliphatic rings. The summed E-state index contributed by atoms with van der Waals surface area (Å²) in [5, 5.41) is 0. The van der Waals surface area contributed by atoms with Gasteiger partial charge in [-0.1, -0.05) is 12.1 Å². The molecule has 23 heavy (non-hydrogen) atoms. The van der Waals surface area contributed by atoms with Gasteiger partial charge in [0.15, 0.2) is 0 Å². The highest BCUT2D eigenvalue weighted by Crippen LogP contribution is 2.12. The predicted octanol–water partition coefficient (Wildman–Crippen LogP) is 0.736. The van der Waals surface area contributed by atoms with Crippen LogP contribution in [0.3, 0.4) is 0 Å². The van der Waals surface area contributed by atoms with E-state index in [1.807, 2.05) is 0 Å². The Morgan fingerprint density at radius 3 is 1.83 bits per heavy atom. The Kier molecular flexibility index (Phi) is 7.84. The fraction of sp³-hybridized carbons (Fsp3) is 0.333. The van der Waals surface area contributed by atoms with Gasteiger partial charge in [-0.2, -0.15) is 0 Å². The van der Waals surface area contributed by atoms with Crippen molar-refractivity contribution < 1.29 is 38.1 Å². The van der Waals surface area contributed by atoms with Crippen molar-refractivity contribution in [2.75, 3.05) is 26.4 Å². The number of esters is 3. The molecule has 0 saturated heterocycles. The van der Waals surface area contributed by atoms with Crippen LogP contribution in [0.5, 0.6) is 0 Å². The zero-order chi connectivity index (χ0) is 17.1. The molecule has 0 N–H and O–H groups in total. The van der Waals surface area contributed by atoms with Gasteiger partial charge in [-0.15, -0.1) is 0 Å². The van der Waals surface area contributed by atoms with Crippen molar-refractivity contribution in [3.63, 3.8) is 0 Å². The lowest BCUT2D eigenvalue weighted by Crippen LogP contribution is -2.17. The van der Waals surface area contributed by atoms with Gasteiger partial charge < -0.3 is 18.9 Å². The van der Waals surface area contributed by atoms with Gasteiger partial charge in [0, 0.05) is 6.92 Å². The van der Waals surface area contributed by atoms with E-state index < -0.39 is 17.9 Å². The Bertz CT molecular complexity index is 566. The molecule has 1 aromatic rings. The van der Waals surface area contributed by atoms with Crippen LogP contribution in [0, 0.1) is 0 Å². The molecule has 0 aliphatic carbocycles. The molecular formula is C15H16O8. The standard InChI is InChI=1S/C15H16O8/c1-11(17)21-8-9-23-15(19)13-5-3-2-4-12(13)14(18)22-7-6-20-10-16/h2-5,10H,6-9H2,1H3. The first kappa shape index (κ1) is 18.1. The molecule has 1 rings (SSSR count). The minimum Gasteiger partial charge on any atom is -0.464 e. The largest absolute Gasteiger partial charge is 0.464 e. The number of hydrogen-bond donors (Lipinski definition) is 0. The van der Waals surface area contributed by atoms with E-state index in [9.17, 15) is 19.2 Å². The van der Waals surface area contributed by atoms with Crippen LogP contribution in [0.1, 0.15) is 27.6 Å². The van der Waals surface area contributed by atoms with Gasteiger partial charge in [0.1, 0.15) is 26.4 Å². The molecule has 1 aromatic carbocycles. The summed E-state index contributed by atoms with van der Waals surface area (Å²) in [6.45, 7) is 1.06. The van der Waals surface area contributed by atoms with E-state index in [4.69, 9.17) is 9.47 Å². The fourth-order valence-corrected chi connectivity index (χ4v) is 1.54. The van der Waals surface area contributed by atoms with Gasteiger partial charge in [-0.3, -0.25) is 9.59 Å². The number of benzene rings is 1. The number of hydrogen-bond acceptors (Lipinski definition) is 8. The molecule has 0 unspecified atom stereocenters. The Morgan fingerprint density at radius 1 is 0.870 bits per heavy atom. The molecule has 0 spiro atoms. The molecule has 0 saturated carbocycles. The van der Waals surface area contributed by atoms with E-state index in [2.05, 4.69) is 9.47 Å². The smallest absolute Gasteiger partial charge is 0.339 e. The second-order valence-electron chi connectivity index (χ2n) is 4.12. The van der Waals surface area contributed by atoms with Crippen LogP contribution in [0.25, 0.3) is 0 Å². The third-order valence-electron chi connectivity index (χ3n) is 2.49. The van der Waals surface area contributed by atoms with E-state index in [1.54, 1.807) is 12.1 Å². The molecule has 0 atom stereocenters. The maximum absolute atomic E-state index is 11.9. The zero-order valence-electron chi connectivity index (χ0n) is 12.5. The van der Waals surface area contributed by atoms with E-state index in [1.165, 1.54) is 19.1 Å². The average Bonchev–Trinajstić information content (AvgIpc) is 2.55. The maximum Gasteiger partial charge on any atom is 0.339 e. The summed E-state index contributed by atoms with van der Waals surface area (Å²) in [6, 6.07) is 5.95. The fourth-order valence-electron chi connectivity index (χ4n) is 1.54. The predicted molar refractivity (Wildman–Crippen MR) is 75.7 cm³/mol. The van der Waals surface area contributed by atoms with Gasteiger partial charge in [0.25, 0.3) is 6.47 Å². The summed E-state index contributed by atoms with van der Waals surface area (Å²) in [7, 11) is 0. The van der Waals surface area contributed by atoms with E-state index >= 15 is 0 Å². The molecule has 8 nitrogen and oxygen atoms in total. The number of carbonyl (C=O) groups is 4. The summed E-state index contributed by atoms with van der Waals surface area (Å²) in [5.41, 5.74) is 0.0488. The summed E-state index contributed by atoms with van der Waals surface area (Å²) < 4.78 is 18.8. The molecule has 0 amide bonds.